The molecule has 0 amide bonds. The summed E-state index contributed by atoms with van der Waals surface area (Å²) in [5.41, 5.74) is 3.78. The molecule has 30 heavy (non-hydrogen) atoms. The Kier molecular flexibility index (Phi) is 6.65. The summed E-state index contributed by atoms with van der Waals surface area (Å²) in [6, 6.07) is 10.9. The molecular formula is C19H22N4O6S. The zero-order valence-electron chi connectivity index (χ0n) is 16.6. The van der Waals surface area contributed by atoms with Gasteiger partial charge < -0.3 is 9.47 Å². The van der Waals surface area contributed by atoms with E-state index in [9.17, 15) is 18.5 Å². The zero-order valence-corrected chi connectivity index (χ0v) is 17.4. The average molecular weight is 434 g/mol. The fraction of sp³-hybridized carbons (Fsp3) is 0.316. The highest BCUT2D eigenvalue weighted by Crippen LogP contribution is 2.29. The highest BCUT2D eigenvalue weighted by atomic mass is 32.2. The van der Waals surface area contributed by atoms with Crippen LogP contribution in [0.15, 0.2) is 52.5 Å². The molecule has 0 unspecified atom stereocenters. The maximum Gasteiger partial charge on any atom is 0.295 e. The first-order valence-corrected chi connectivity index (χ1v) is 10.6. The lowest BCUT2D eigenvalue weighted by molar-refractivity contribution is -0.384. The molecule has 0 bridgehead atoms. The molecule has 1 aliphatic heterocycles. The van der Waals surface area contributed by atoms with Crippen LogP contribution in [0.2, 0.25) is 0 Å². The van der Waals surface area contributed by atoms with Crippen molar-refractivity contribution in [3.05, 3.63) is 58.1 Å². The number of nitrogens with one attached hydrogen (secondary N) is 1. The minimum absolute atomic E-state index is 0.0915. The van der Waals surface area contributed by atoms with Crippen LogP contribution in [0, 0.1) is 10.1 Å². The van der Waals surface area contributed by atoms with Crippen molar-refractivity contribution in [2.24, 2.45) is 5.10 Å². The predicted octanol–water partition coefficient (Wildman–Crippen LogP) is 2.46. The number of nitro benzene ring substituents is 1. The number of nitro groups is 1. The van der Waals surface area contributed by atoms with E-state index in [-0.39, 0.29) is 29.4 Å². The quantitative estimate of drug-likeness (QED) is 0.403. The molecule has 0 radical (unpaired) electrons. The number of sulfonamides is 1. The second kappa shape index (κ2) is 9.20. The van der Waals surface area contributed by atoms with Crippen LogP contribution in [-0.4, -0.2) is 56.8 Å². The average Bonchev–Trinajstić information content (AvgIpc) is 2.77. The topological polar surface area (TPSA) is 123 Å². The van der Waals surface area contributed by atoms with Crippen LogP contribution >= 0.6 is 0 Å². The van der Waals surface area contributed by atoms with Gasteiger partial charge in [0.2, 0.25) is 10.0 Å². The third-order valence-corrected chi connectivity index (χ3v) is 6.52. The number of anilines is 1. The van der Waals surface area contributed by atoms with Crippen molar-refractivity contribution in [3.63, 3.8) is 0 Å². The predicted molar refractivity (Wildman–Crippen MR) is 112 cm³/mol. The number of methoxy groups -OCH3 is 1. The molecule has 160 valence electrons. The van der Waals surface area contributed by atoms with Crippen molar-refractivity contribution < 1.29 is 22.8 Å². The van der Waals surface area contributed by atoms with E-state index in [2.05, 4.69) is 10.5 Å². The molecule has 1 saturated heterocycles. The third-order valence-electron chi connectivity index (χ3n) is 4.63. The summed E-state index contributed by atoms with van der Waals surface area (Å²) in [6.07, 6.45) is 0. The van der Waals surface area contributed by atoms with Gasteiger partial charge in [0, 0.05) is 19.2 Å². The van der Waals surface area contributed by atoms with E-state index in [1.807, 2.05) is 12.1 Å². The monoisotopic (exact) mass is 434 g/mol. The van der Waals surface area contributed by atoms with Gasteiger partial charge in [-0.2, -0.15) is 9.41 Å². The first-order valence-electron chi connectivity index (χ1n) is 9.14. The van der Waals surface area contributed by atoms with Gasteiger partial charge in [0.05, 0.1) is 35.9 Å². The SMILES string of the molecule is COc1ccc(C(C)=NNc2ccc(S(=O)(=O)N3CCOCC3)cc2[N+](=O)[O-])cc1. The maximum absolute atomic E-state index is 12.8. The van der Waals surface area contributed by atoms with Crippen LogP contribution in [-0.2, 0) is 14.8 Å². The van der Waals surface area contributed by atoms with Gasteiger partial charge in [0.15, 0.2) is 0 Å². The summed E-state index contributed by atoms with van der Waals surface area (Å²) in [4.78, 5) is 10.8. The van der Waals surface area contributed by atoms with Crippen LogP contribution in [0.4, 0.5) is 11.4 Å². The number of nitrogens with zero attached hydrogens (tertiary/aromatic N) is 3. The highest BCUT2D eigenvalue weighted by molar-refractivity contribution is 7.89. The number of rotatable bonds is 7. The molecule has 1 heterocycles. The lowest BCUT2D eigenvalue weighted by Gasteiger charge is -2.26. The molecule has 0 saturated carbocycles. The Morgan fingerprint density at radius 1 is 1.20 bits per heavy atom. The minimum Gasteiger partial charge on any atom is -0.497 e. The second-order valence-electron chi connectivity index (χ2n) is 6.49. The van der Waals surface area contributed by atoms with Gasteiger partial charge >= 0.3 is 0 Å². The van der Waals surface area contributed by atoms with Gasteiger partial charge in [-0.05, 0) is 48.9 Å². The molecule has 0 spiro atoms. The molecule has 1 fully saturated rings. The Morgan fingerprint density at radius 3 is 2.47 bits per heavy atom. The molecule has 1 N–H and O–H groups in total. The summed E-state index contributed by atoms with van der Waals surface area (Å²) >= 11 is 0. The van der Waals surface area contributed by atoms with E-state index in [1.54, 1.807) is 26.2 Å². The molecule has 2 aromatic carbocycles. The largest absolute Gasteiger partial charge is 0.497 e. The fourth-order valence-electron chi connectivity index (χ4n) is 2.89. The maximum atomic E-state index is 12.8. The lowest BCUT2D eigenvalue weighted by atomic mass is 10.1. The molecule has 10 nitrogen and oxygen atoms in total. The van der Waals surface area contributed by atoms with Gasteiger partial charge in [0.1, 0.15) is 11.4 Å². The highest BCUT2D eigenvalue weighted by Gasteiger charge is 2.28. The first-order chi connectivity index (χ1) is 14.3. The molecule has 0 aromatic heterocycles. The number of ether oxygens (including phenoxy) is 2. The summed E-state index contributed by atoms with van der Waals surface area (Å²) in [7, 11) is -2.27. The Hall–Kier alpha value is -3.02. The van der Waals surface area contributed by atoms with Gasteiger partial charge in [-0.1, -0.05) is 0 Å². The first kappa shape index (κ1) is 21.7. The number of hydrogen-bond donors (Lipinski definition) is 1. The normalized spacial score (nSPS) is 15.6. The molecule has 2 aromatic rings. The molecule has 0 atom stereocenters. The minimum atomic E-state index is -3.84. The summed E-state index contributed by atoms with van der Waals surface area (Å²) < 4.78 is 37.1. The number of morpholine rings is 1. The summed E-state index contributed by atoms with van der Waals surface area (Å²) in [5, 5.41) is 15.7. The van der Waals surface area contributed by atoms with Crippen LogP contribution < -0.4 is 10.2 Å². The van der Waals surface area contributed by atoms with Gasteiger partial charge in [-0.25, -0.2) is 8.42 Å². The van der Waals surface area contributed by atoms with Crippen molar-refractivity contribution in [2.75, 3.05) is 38.8 Å². The molecule has 11 heteroatoms. The van der Waals surface area contributed by atoms with Crippen molar-refractivity contribution in [1.29, 1.82) is 0 Å². The molecular weight excluding hydrogens is 412 g/mol. The van der Waals surface area contributed by atoms with E-state index in [0.29, 0.717) is 24.7 Å². The standard InChI is InChI=1S/C19H22N4O6S/c1-14(15-3-5-16(28-2)6-4-15)20-21-18-8-7-17(13-19(18)23(24)25)30(26,27)22-9-11-29-12-10-22/h3-8,13,21H,9-12H2,1-2H3. The molecule has 1 aliphatic rings. The van der Waals surface area contributed by atoms with Crippen LogP contribution in [0.1, 0.15) is 12.5 Å². The second-order valence-corrected chi connectivity index (χ2v) is 8.43. The van der Waals surface area contributed by atoms with Gasteiger partial charge in [-0.15, -0.1) is 0 Å². The van der Waals surface area contributed by atoms with E-state index in [4.69, 9.17) is 9.47 Å². The van der Waals surface area contributed by atoms with Crippen molar-refractivity contribution in [3.8, 4) is 5.75 Å². The summed E-state index contributed by atoms with van der Waals surface area (Å²) in [5.74, 6) is 0.701. The van der Waals surface area contributed by atoms with Crippen LogP contribution in [0.3, 0.4) is 0 Å². The third kappa shape index (κ3) is 4.75. The molecule has 0 aliphatic carbocycles. The Bertz CT molecular complexity index is 1050. The van der Waals surface area contributed by atoms with E-state index in [1.165, 1.54) is 16.4 Å². The van der Waals surface area contributed by atoms with Crippen LogP contribution in [0.25, 0.3) is 0 Å². The van der Waals surface area contributed by atoms with Crippen molar-refractivity contribution in [2.45, 2.75) is 11.8 Å². The van der Waals surface area contributed by atoms with Gasteiger partial charge in [0.25, 0.3) is 5.69 Å². The number of hydrogen-bond acceptors (Lipinski definition) is 8. The van der Waals surface area contributed by atoms with Crippen LogP contribution in [0.5, 0.6) is 5.75 Å². The van der Waals surface area contributed by atoms with E-state index < -0.39 is 14.9 Å². The number of hydrazone groups is 1. The van der Waals surface area contributed by atoms with Crippen molar-refractivity contribution >= 4 is 27.1 Å². The van der Waals surface area contributed by atoms with Gasteiger partial charge in [-0.3, -0.25) is 15.5 Å². The van der Waals surface area contributed by atoms with E-state index in [0.717, 1.165) is 11.6 Å². The Labute approximate surface area is 174 Å². The Balaban J connectivity index is 1.85. The smallest absolute Gasteiger partial charge is 0.295 e. The number of benzene rings is 2. The fourth-order valence-corrected chi connectivity index (χ4v) is 4.32. The van der Waals surface area contributed by atoms with Crippen molar-refractivity contribution in [1.82, 2.24) is 4.31 Å². The zero-order chi connectivity index (χ0) is 21.7. The lowest BCUT2D eigenvalue weighted by Crippen LogP contribution is -2.40. The van der Waals surface area contributed by atoms with E-state index >= 15 is 0 Å². The summed E-state index contributed by atoms with van der Waals surface area (Å²) in [6.45, 7) is 2.75. The molecule has 3 rings (SSSR count). The Morgan fingerprint density at radius 2 is 1.87 bits per heavy atom.